The van der Waals surface area contributed by atoms with Gasteiger partial charge in [0, 0.05) is 40.5 Å². The van der Waals surface area contributed by atoms with E-state index in [1.54, 1.807) is 24.2 Å². The Hall–Kier alpha value is -1.66. The molecule has 2 atom stereocenters. The van der Waals surface area contributed by atoms with Crippen LogP contribution in [-0.4, -0.2) is 44.2 Å². The van der Waals surface area contributed by atoms with Gasteiger partial charge in [0.25, 0.3) is 0 Å². The van der Waals surface area contributed by atoms with Gasteiger partial charge in [-0.15, -0.1) is 0 Å². The highest BCUT2D eigenvalue weighted by molar-refractivity contribution is 7.99. The smallest absolute Gasteiger partial charge is 0.161 e. The van der Waals surface area contributed by atoms with Crippen LogP contribution < -0.4 is 5.32 Å². The molecule has 0 fully saturated rings. The second-order valence-corrected chi connectivity index (χ2v) is 6.88. The molecule has 0 radical (unpaired) electrons. The maximum atomic E-state index is 9.50. The lowest BCUT2D eigenvalue weighted by molar-refractivity contribution is 0.288. The minimum atomic E-state index is 0.139. The van der Waals surface area contributed by atoms with Crippen molar-refractivity contribution in [3.63, 3.8) is 0 Å². The third-order valence-corrected chi connectivity index (χ3v) is 5.44. The molecule has 2 aromatic heterocycles. The molecule has 2 heterocycles. The van der Waals surface area contributed by atoms with E-state index in [2.05, 4.69) is 17.2 Å². The normalized spacial score (nSPS) is 16.0. The minimum absolute atomic E-state index is 0.139. The number of anilines is 1. The Labute approximate surface area is 141 Å². The van der Waals surface area contributed by atoms with Crippen LogP contribution >= 0.6 is 11.8 Å². The number of fused-ring (bicyclic) bond motifs is 1. The van der Waals surface area contributed by atoms with Gasteiger partial charge in [-0.3, -0.25) is 4.98 Å². The molecule has 0 aliphatic heterocycles. The number of aryl methyl sites for hydroxylation is 1. The van der Waals surface area contributed by atoms with Gasteiger partial charge in [0.2, 0.25) is 0 Å². The summed E-state index contributed by atoms with van der Waals surface area (Å²) >= 11 is 1.67. The Balaban J connectivity index is 1.94. The fourth-order valence-electron chi connectivity index (χ4n) is 2.93. The van der Waals surface area contributed by atoms with Crippen LogP contribution in [-0.2, 0) is 12.8 Å². The van der Waals surface area contributed by atoms with E-state index in [4.69, 9.17) is 9.97 Å². The van der Waals surface area contributed by atoms with Crippen LogP contribution in [0.3, 0.4) is 0 Å². The number of rotatable bonds is 6. The number of nitrogens with one attached hydrogen (secondary N) is 1. The van der Waals surface area contributed by atoms with Crippen LogP contribution in [0.4, 0.5) is 5.82 Å². The largest absolute Gasteiger partial charge is 0.395 e. The molecule has 6 heteroatoms. The molecular weight excluding hydrogens is 308 g/mol. The quantitative estimate of drug-likeness (QED) is 0.848. The maximum absolute atomic E-state index is 9.50. The summed E-state index contributed by atoms with van der Waals surface area (Å²) in [7, 11) is 0. The van der Waals surface area contributed by atoms with Crippen molar-refractivity contribution < 1.29 is 5.11 Å². The molecule has 3 rings (SSSR count). The number of thioether (sulfide) groups is 1. The summed E-state index contributed by atoms with van der Waals surface area (Å²) < 4.78 is 0. The summed E-state index contributed by atoms with van der Waals surface area (Å²) in [5.74, 6) is 1.66. The van der Waals surface area contributed by atoms with Gasteiger partial charge in [-0.2, -0.15) is 11.8 Å². The summed E-state index contributed by atoms with van der Waals surface area (Å²) in [4.78, 5) is 13.6. The number of aromatic nitrogens is 3. The molecule has 1 aliphatic rings. The molecule has 23 heavy (non-hydrogen) atoms. The fourth-order valence-corrected chi connectivity index (χ4v) is 3.55. The van der Waals surface area contributed by atoms with Gasteiger partial charge >= 0.3 is 0 Å². The highest BCUT2D eigenvalue weighted by atomic mass is 32.2. The van der Waals surface area contributed by atoms with E-state index in [9.17, 15) is 5.11 Å². The zero-order valence-electron chi connectivity index (χ0n) is 13.5. The molecule has 1 aliphatic carbocycles. The monoisotopic (exact) mass is 330 g/mol. The third kappa shape index (κ3) is 3.48. The molecule has 0 amide bonds. The first-order valence-corrected chi connectivity index (χ1v) is 9.22. The van der Waals surface area contributed by atoms with E-state index in [1.165, 1.54) is 5.56 Å². The fraction of sp³-hybridized carbons (Fsp3) is 0.471. The first-order valence-electron chi connectivity index (χ1n) is 7.93. The lowest BCUT2D eigenvalue weighted by Gasteiger charge is -2.23. The van der Waals surface area contributed by atoms with Gasteiger partial charge in [-0.05, 0) is 44.6 Å². The summed E-state index contributed by atoms with van der Waals surface area (Å²) in [6, 6.07) is 4.00. The molecule has 2 unspecified atom stereocenters. The van der Waals surface area contributed by atoms with Gasteiger partial charge in [-0.1, -0.05) is 0 Å². The van der Waals surface area contributed by atoms with E-state index in [1.807, 2.05) is 18.4 Å². The number of aliphatic hydroxyl groups is 1. The van der Waals surface area contributed by atoms with Gasteiger partial charge < -0.3 is 10.4 Å². The van der Waals surface area contributed by atoms with Crippen molar-refractivity contribution in [3.8, 4) is 11.4 Å². The predicted octanol–water partition coefficient (Wildman–Crippen LogP) is 2.55. The van der Waals surface area contributed by atoms with Crippen LogP contribution in [0.2, 0.25) is 0 Å². The van der Waals surface area contributed by atoms with Crippen molar-refractivity contribution in [1.82, 2.24) is 15.0 Å². The highest BCUT2D eigenvalue weighted by Crippen LogP contribution is 2.30. The highest BCUT2D eigenvalue weighted by Gasteiger charge is 2.23. The van der Waals surface area contributed by atoms with E-state index in [0.717, 1.165) is 42.2 Å². The standard InChI is InChI=1S/C17H22N4OS/c1-11(15(10-22)23-2)19-17-13-4-3-5-14(13)20-16(21-17)12-6-8-18-9-7-12/h6-9,11,15,22H,3-5,10H2,1-2H3,(H,19,20,21). The Morgan fingerprint density at radius 1 is 1.26 bits per heavy atom. The van der Waals surface area contributed by atoms with E-state index >= 15 is 0 Å². The summed E-state index contributed by atoms with van der Waals surface area (Å²) in [6.45, 7) is 2.24. The molecular formula is C17H22N4OS. The number of aliphatic hydroxyl groups excluding tert-OH is 1. The molecule has 0 bridgehead atoms. The second-order valence-electron chi connectivity index (χ2n) is 5.80. The van der Waals surface area contributed by atoms with Crippen molar-refractivity contribution in [3.05, 3.63) is 35.8 Å². The Morgan fingerprint density at radius 2 is 2.04 bits per heavy atom. The van der Waals surface area contributed by atoms with Gasteiger partial charge in [0.15, 0.2) is 5.82 Å². The van der Waals surface area contributed by atoms with Crippen molar-refractivity contribution >= 4 is 17.6 Å². The first-order chi connectivity index (χ1) is 11.2. The molecule has 2 aromatic rings. The number of hydrogen-bond donors (Lipinski definition) is 2. The van der Waals surface area contributed by atoms with Crippen LogP contribution in [0.25, 0.3) is 11.4 Å². The van der Waals surface area contributed by atoms with Crippen molar-refractivity contribution in [2.75, 3.05) is 18.2 Å². The number of pyridine rings is 1. The van der Waals surface area contributed by atoms with Crippen LogP contribution in [0.1, 0.15) is 24.6 Å². The van der Waals surface area contributed by atoms with E-state index < -0.39 is 0 Å². The zero-order chi connectivity index (χ0) is 16.2. The number of hydrogen-bond acceptors (Lipinski definition) is 6. The third-order valence-electron chi connectivity index (χ3n) is 4.28. The maximum Gasteiger partial charge on any atom is 0.161 e. The molecule has 122 valence electrons. The minimum Gasteiger partial charge on any atom is -0.395 e. The zero-order valence-corrected chi connectivity index (χ0v) is 14.3. The van der Waals surface area contributed by atoms with Gasteiger partial charge in [-0.25, -0.2) is 9.97 Å². The summed E-state index contributed by atoms with van der Waals surface area (Å²) in [5, 5.41) is 13.2. The molecule has 0 spiro atoms. The molecule has 0 saturated carbocycles. The molecule has 5 nitrogen and oxygen atoms in total. The molecule has 2 N–H and O–H groups in total. The summed E-state index contributed by atoms with van der Waals surface area (Å²) in [5.41, 5.74) is 3.35. The van der Waals surface area contributed by atoms with Crippen molar-refractivity contribution in [1.29, 1.82) is 0 Å². The van der Waals surface area contributed by atoms with E-state index in [0.29, 0.717) is 0 Å². The average molecular weight is 330 g/mol. The second kappa shape index (κ2) is 7.27. The topological polar surface area (TPSA) is 70.9 Å². The lowest BCUT2D eigenvalue weighted by atomic mass is 10.1. The van der Waals surface area contributed by atoms with Gasteiger partial charge in [0.05, 0.1) is 6.61 Å². The SMILES string of the molecule is CSC(CO)C(C)Nc1nc(-c2ccncc2)nc2c1CCC2. The number of nitrogens with zero attached hydrogens (tertiary/aromatic N) is 3. The predicted molar refractivity (Wildman–Crippen MR) is 94.8 cm³/mol. The van der Waals surface area contributed by atoms with Crippen molar-refractivity contribution in [2.24, 2.45) is 0 Å². The summed E-state index contributed by atoms with van der Waals surface area (Å²) in [6.07, 6.45) is 8.69. The van der Waals surface area contributed by atoms with Crippen LogP contribution in [0.5, 0.6) is 0 Å². The average Bonchev–Trinajstić information content (AvgIpc) is 3.05. The Morgan fingerprint density at radius 3 is 2.74 bits per heavy atom. The van der Waals surface area contributed by atoms with Crippen LogP contribution in [0.15, 0.2) is 24.5 Å². The Kier molecular flexibility index (Phi) is 5.13. The Bertz CT molecular complexity index is 661. The molecule has 0 aromatic carbocycles. The van der Waals surface area contributed by atoms with Crippen LogP contribution in [0, 0.1) is 0 Å². The molecule has 0 saturated heterocycles. The lowest BCUT2D eigenvalue weighted by Crippen LogP contribution is -2.31. The van der Waals surface area contributed by atoms with Crippen molar-refractivity contribution in [2.45, 2.75) is 37.5 Å². The van der Waals surface area contributed by atoms with Gasteiger partial charge in [0.1, 0.15) is 5.82 Å². The first kappa shape index (κ1) is 16.2. The van der Waals surface area contributed by atoms with E-state index in [-0.39, 0.29) is 17.9 Å².